The highest BCUT2D eigenvalue weighted by Gasteiger charge is 2.27. The molecule has 0 bridgehead atoms. The van der Waals surface area contributed by atoms with Crippen LogP contribution in [-0.4, -0.2) is 47.0 Å². The fourth-order valence-corrected chi connectivity index (χ4v) is 6.08. The van der Waals surface area contributed by atoms with Crippen molar-refractivity contribution in [2.24, 2.45) is 0 Å². The van der Waals surface area contributed by atoms with Crippen LogP contribution in [0.4, 0.5) is 5.82 Å². The van der Waals surface area contributed by atoms with Crippen LogP contribution in [0.2, 0.25) is 0 Å². The Morgan fingerprint density at radius 2 is 1.69 bits per heavy atom. The summed E-state index contributed by atoms with van der Waals surface area (Å²) in [4.78, 5) is 30.1. The lowest BCUT2D eigenvalue weighted by Gasteiger charge is -2.36. The van der Waals surface area contributed by atoms with Gasteiger partial charge in [-0.2, -0.15) is 0 Å². The first-order valence-electron chi connectivity index (χ1n) is 11.9. The van der Waals surface area contributed by atoms with Crippen LogP contribution in [-0.2, 0) is 12.8 Å². The zero-order valence-corrected chi connectivity index (χ0v) is 20.2. The first-order chi connectivity index (χ1) is 15.5. The molecule has 1 aromatic carbocycles. The maximum absolute atomic E-state index is 13.0. The Labute approximate surface area is 194 Å². The van der Waals surface area contributed by atoms with E-state index >= 15 is 0 Å². The van der Waals surface area contributed by atoms with Crippen molar-refractivity contribution < 1.29 is 4.79 Å². The first kappa shape index (κ1) is 21.4. The largest absolute Gasteiger partial charge is 0.352 e. The van der Waals surface area contributed by atoms with Crippen LogP contribution >= 0.6 is 11.3 Å². The van der Waals surface area contributed by atoms with Crippen LogP contribution in [0.5, 0.6) is 0 Å². The minimum absolute atomic E-state index is 0.129. The van der Waals surface area contributed by atoms with Crippen LogP contribution in [0.3, 0.4) is 0 Å². The minimum Gasteiger partial charge on any atom is -0.352 e. The van der Waals surface area contributed by atoms with Crippen LogP contribution in [0, 0.1) is 6.92 Å². The van der Waals surface area contributed by atoms with Crippen molar-refractivity contribution in [2.75, 3.05) is 31.1 Å². The fourth-order valence-electron chi connectivity index (χ4n) is 4.82. The van der Waals surface area contributed by atoms with Crippen LogP contribution < -0.4 is 4.90 Å². The highest BCUT2D eigenvalue weighted by Crippen LogP contribution is 2.40. The number of anilines is 1. The molecule has 0 N–H and O–H groups in total. The van der Waals surface area contributed by atoms with Crippen molar-refractivity contribution in [1.29, 1.82) is 0 Å². The molecular formula is C26H32N4OS. The second-order valence-corrected chi connectivity index (χ2v) is 10.5. The lowest BCUT2D eigenvalue weighted by Crippen LogP contribution is -2.49. The van der Waals surface area contributed by atoms with Gasteiger partial charge < -0.3 is 9.80 Å². The summed E-state index contributed by atoms with van der Waals surface area (Å²) in [6, 6.07) is 7.90. The van der Waals surface area contributed by atoms with Gasteiger partial charge in [-0.1, -0.05) is 38.0 Å². The van der Waals surface area contributed by atoms with Crippen molar-refractivity contribution in [1.82, 2.24) is 14.9 Å². The lowest BCUT2D eigenvalue weighted by atomic mass is 10.1. The van der Waals surface area contributed by atoms with Gasteiger partial charge in [0.25, 0.3) is 5.91 Å². The highest BCUT2D eigenvalue weighted by molar-refractivity contribution is 7.19. The SMILES string of the molecule is Cc1ccc(C(=O)N2CCN(c3nc(C(C)C)nc4sc5c(c34)CCCCC5)CC2)cc1. The Morgan fingerprint density at radius 3 is 2.41 bits per heavy atom. The standard InChI is InChI=1S/C26H32N4OS/c1-17(2)23-27-24(22-20-7-5-4-6-8-21(20)32-25(22)28-23)29-13-15-30(16-14-29)26(31)19-11-9-18(3)10-12-19/h9-12,17H,4-8,13-16H2,1-3H3. The van der Waals surface area contributed by atoms with Crippen molar-refractivity contribution in [2.45, 2.75) is 58.8 Å². The molecule has 3 aromatic rings. The van der Waals surface area contributed by atoms with Crippen molar-refractivity contribution in [3.05, 3.63) is 51.7 Å². The number of piperazine rings is 1. The van der Waals surface area contributed by atoms with E-state index in [2.05, 4.69) is 18.7 Å². The molecule has 1 aliphatic heterocycles. The maximum Gasteiger partial charge on any atom is 0.253 e. The monoisotopic (exact) mass is 448 g/mol. The average molecular weight is 449 g/mol. The molecule has 32 heavy (non-hydrogen) atoms. The van der Waals surface area contributed by atoms with Gasteiger partial charge in [-0.15, -0.1) is 11.3 Å². The predicted molar refractivity (Wildman–Crippen MR) is 132 cm³/mol. The van der Waals surface area contributed by atoms with E-state index in [0.717, 1.165) is 54.6 Å². The third-order valence-electron chi connectivity index (χ3n) is 6.74. The molecule has 1 fully saturated rings. The van der Waals surface area contributed by atoms with E-state index in [4.69, 9.17) is 9.97 Å². The molecule has 0 saturated carbocycles. The van der Waals surface area contributed by atoms with E-state index in [-0.39, 0.29) is 5.91 Å². The molecule has 5 rings (SSSR count). The number of benzene rings is 1. The van der Waals surface area contributed by atoms with Crippen molar-refractivity contribution >= 4 is 33.3 Å². The normalized spacial score (nSPS) is 17.0. The predicted octanol–water partition coefficient (Wildman–Crippen LogP) is 5.35. The Morgan fingerprint density at radius 1 is 0.969 bits per heavy atom. The summed E-state index contributed by atoms with van der Waals surface area (Å²) in [6.07, 6.45) is 6.15. The summed E-state index contributed by atoms with van der Waals surface area (Å²) in [6.45, 7) is 9.45. The number of aryl methyl sites for hydroxylation is 3. The third kappa shape index (κ3) is 4.01. The van der Waals surface area contributed by atoms with Gasteiger partial charge in [-0.25, -0.2) is 9.97 Å². The molecule has 168 valence electrons. The molecule has 1 amide bonds. The molecule has 0 radical (unpaired) electrons. The minimum atomic E-state index is 0.129. The Bertz CT molecular complexity index is 1130. The average Bonchev–Trinajstić information content (AvgIpc) is 2.99. The number of nitrogens with zero attached hydrogens (tertiary/aromatic N) is 4. The van der Waals surface area contributed by atoms with E-state index in [1.54, 1.807) is 0 Å². The number of rotatable bonds is 3. The zero-order valence-electron chi connectivity index (χ0n) is 19.4. The molecule has 5 nitrogen and oxygen atoms in total. The summed E-state index contributed by atoms with van der Waals surface area (Å²) in [7, 11) is 0. The summed E-state index contributed by atoms with van der Waals surface area (Å²) in [5, 5.41) is 1.29. The molecule has 1 saturated heterocycles. The first-order valence-corrected chi connectivity index (χ1v) is 12.8. The van der Waals surface area contributed by atoms with Crippen LogP contribution in [0.1, 0.15) is 71.2 Å². The smallest absolute Gasteiger partial charge is 0.253 e. The maximum atomic E-state index is 13.0. The van der Waals surface area contributed by atoms with Gasteiger partial charge in [-0.05, 0) is 50.3 Å². The van der Waals surface area contributed by atoms with Gasteiger partial charge in [0.15, 0.2) is 0 Å². The van der Waals surface area contributed by atoms with Crippen LogP contribution in [0.25, 0.3) is 10.2 Å². The Balaban J connectivity index is 1.44. The van der Waals surface area contributed by atoms with E-state index in [0.29, 0.717) is 5.92 Å². The topological polar surface area (TPSA) is 49.3 Å². The van der Waals surface area contributed by atoms with Gasteiger partial charge in [-0.3, -0.25) is 4.79 Å². The lowest BCUT2D eigenvalue weighted by molar-refractivity contribution is 0.0746. The molecule has 2 aliphatic rings. The van der Waals surface area contributed by atoms with Crippen molar-refractivity contribution in [3.8, 4) is 0 Å². The second-order valence-electron chi connectivity index (χ2n) is 9.45. The summed E-state index contributed by atoms with van der Waals surface area (Å²) in [5.74, 6) is 2.46. The molecular weight excluding hydrogens is 416 g/mol. The summed E-state index contributed by atoms with van der Waals surface area (Å²) >= 11 is 1.88. The van der Waals surface area contributed by atoms with E-state index in [1.165, 1.54) is 47.1 Å². The van der Waals surface area contributed by atoms with Crippen molar-refractivity contribution in [3.63, 3.8) is 0 Å². The molecule has 1 aliphatic carbocycles. The molecule has 0 spiro atoms. The quantitative estimate of drug-likeness (QED) is 0.507. The van der Waals surface area contributed by atoms with E-state index in [9.17, 15) is 4.79 Å². The number of fused-ring (bicyclic) bond motifs is 3. The second kappa shape index (κ2) is 8.81. The van der Waals surface area contributed by atoms with Gasteiger partial charge >= 0.3 is 0 Å². The fraction of sp³-hybridized carbons (Fsp3) is 0.500. The molecule has 3 heterocycles. The number of aromatic nitrogens is 2. The van der Waals surface area contributed by atoms with Gasteiger partial charge in [0.05, 0.1) is 5.39 Å². The summed E-state index contributed by atoms with van der Waals surface area (Å²) in [5.41, 5.74) is 3.44. The number of carbonyl (C=O) groups excluding carboxylic acids is 1. The van der Waals surface area contributed by atoms with E-state index < -0.39 is 0 Å². The van der Waals surface area contributed by atoms with Gasteiger partial charge in [0.1, 0.15) is 16.5 Å². The Hall–Kier alpha value is -2.47. The summed E-state index contributed by atoms with van der Waals surface area (Å²) < 4.78 is 0. The highest BCUT2D eigenvalue weighted by atomic mass is 32.1. The third-order valence-corrected chi connectivity index (χ3v) is 7.93. The zero-order chi connectivity index (χ0) is 22.2. The number of carbonyl (C=O) groups is 1. The van der Waals surface area contributed by atoms with E-state index in [1.807, 2.05) is 47.4 Å². The van der Waals surface area contributed by atoms with Gasteiger partial charge in [0, 0.05) is 42.5 Å². The number of hydrogen-bond donors (Lipinski definition) is 0. The number of thiophene rings is 1. The molecule has 6 heteroatoms. The number of hydrogen-bond acceptors (Lipinski definition) is 5. The number of amides is 1. The Kier molecular flexibility index (Phi) is 5.89. The molecule has 2 aromatic heterocycles. The van der Waals surface area contributed by atoms with Crippen LogP contribution in [0.15, 0.2) is 24.3 Å². The molecule has 0 unspecified atom stereocenters. The van der Waals surface area contributed by atoms with Gasteiger partial charge in [0.2, 0.25) is 0 Å². The molecule has 0 atom stereocenters.